The Morgan fingerprint density at radius 2 is 1.83 bits per heavy atom. The van der Waals surface area contributed by atoms with Crippen LogP contribution < -0.4 is 0 Å². The summed E-state index contributed by atoms with van der Waals surface area (Å²) < 4.78 is 0. The third-order valence-corrected chi connectivity index (χ3v) is 2.29. The van der Waals surface area contributed by atoms with Crippen LogP contribution >= 0.6 is 27.5 Å². The number of nitro groups is 1. The van der Waals surface area contributed by atoms with Crippen LogP contribution in [0, 0.1) is 10.1 Å². The van der Waals surface area contributed by atoms with E-state index in [0.717, 1.165) is 0 Å². The molecule has 0 amide bonds. The lowest BCUT2D eigenvalue weighted by molar-refractivity contribution is -0.384. The Morgan fingerprint density at radius 1 is 1.28 bits per heavy atom. The second-order valence-corrected chi connectivity index (χ2v) is 3.11. The maximum absolute atomic E-state index is 10.5. The Kier molecular flexibility index (Phi) is 8.24. The van der Waals surface area contributed by atoms with Gasteiger partial charge in [-0.3, -0.25) is 10.1 Å². The van der Waals surface area contributed by atoms with Crippen LogP contribution in [-0.2, 0) is 0 Å². The number of pyridine rings is 1. The zero-order chi connectivity index (χ0) is 14.1. The highest BCUT2D eigenvalue weighted by molar-refractivity contribution is 9.08. The van der Waals surface area contributed by atoms with E-state index in [1.807, 2.05) is 19.7 Å². The van der Waals surface area contributed by atoms with Crippen molar-refractivity contribution in [3.63, 3.8) is 0 Å². The summed E-state index contributed by atoms with van der Waals surface area (Å²) in [5.74, 6) is 1.81. The monoisotopic (exact) mass is 332 g/mol. The fourth-order valence-electron chi connectivity index (χ4n) is 1.22. The highest BCUT2D eigenvalue weighted by Gasteiger charge is 2.15. The van der Waals surface area contributed by atoms with Gasteiger partial charge < -0.3 is 0 Å². The second-order valence-electron chi connectivity index (χ2n) is 2.73. The van der Waals surface area contributed by atoms with Crippen LogP contribution in [0.4, 0.5) is 5.69 Å². The van der Waals surface area contributed by atoms with Crippen molar-refractivity contribution in [3.05, 3.63) is 45.6 Å². The molecule has 0 atom stereocenters. The van der Waals surface area contributed by atoms with E-state index in [9.17, 15) is 10.1 Å². The molecule has 6 heteroatoms. The first-order valence-electron chi connectivity index (χ1n) is 5.25. The summed E-state index contributed by atoms with van der Waals surface area (Å²) in [5, 5.41) is 11.3. The van der Waals surface area contributed by atoms with E-state index in [1.165, 1.54) is 6.20 Å². The van der Waals surface area contributed by atoms with Crippen molar-refractivity contribution in [3.8, 4) is 0 Å². The molecule has 4 nitrogen and oxygen atoms in total. The van der Waals surface area contributed by atoms with Crippen molar-refractivity contribution < 1.29 is 4.92 Å². The molecule has 2 aromatic rings. The zero-order valence-corrected chi connectivity index (χ0v) is 12.7. The van der Waals surface area contributed by atoms with Gasteiger partial charge >= 0.3 is 5.69 Å². The van der Waals surface area contributed by atoms with Gasteiger partial charge in [0.05, 0.1) is 10.4 Å². The largest absolute Gasteiger partial charge is 0.306 e. The normalized spacial score (nSPS) is 8.72. The molecule has 0 bridgehead atoms. The molecule has 0 radical (unpaired) electrons. The van der Waals surface area contributed by atoms with Crippen molar-refractivity contribution in [2.75, 3.05) is 5.83 Å². The standard InChI is InChI=1S/C9H5ClN2O2.C2H6.CH3Br/c10-9-6-3-1-2-4-7(6)11-5-8(9)12(13)14;2*1-2/h1-5H;1-2H3;1H3. The predicted molar refractivity (Wildman–Crippen MR) is 79.6 cm³/mol. The average Bonchev–Trinajstić information content (AvgIpc) is 2.43. The lowest BCUT2D eigenvalue weighted by atomic mass is 10.2. The molecule has 0 fully saturated rings. The Morgan fingerprint density at radius 3 is 2.39 bits per heavy atom. The average molecular weight is 334 g/mol. The summed E-state index contributed by atoms with van der Waals surface area (Å²) in [7, 11) is 0. The van der Waals surface area contributed by atoms with E-state index < -0.39 is 4.92 Å². The summed E-state index contributed by atoms with van der Waals surface area (Å²) in [4.78, 5) is 13.9. The number of benzene rings is 1. The predicted octanol–water partition coefficient (Wildman–Crippen LogP) is 4.83. The molecular weight excluding hydrogens is 320 g/mol. The number of nitrogens with zero attached hydrogens (tertiary/aromatic N) is 2. The molecule has 2 rings (SSSR count). The van der Waals surface area contributed by atoms with E-state index >= 15 is 0 Å². The molecule has 1 aromatic heterocycles. The van der Waals surface area contributed by atoms with Gasteiger partial charge in [0.15, 0.2) is 0 Å². The second kappa shape index (κ2) is 8.83. The van der Waals surface area contributed by atoms with Crippen LogP contribution in [0.5, 0.6) is 0 Å². The molecule has 18 heavy (non-hydrogen) atoms. The third-order valence-electron chi connectivity index (χ3n) is 1.89. The van der Waals surface area contributed by atoms with Crippen LogP contribution in [0.1, 0.15) is 13.8 Å². The van der Waals surface area contributed by atoms with Gasteiger partial charge in [-0.25, -0.2) is 4.98 Å². The SMILES string of the molecule is CBr.CC.O=[N+]([O-])c1cnc2ccccc2c1Cl. The summed E-state index contributed by atoms with van der Waals surface area (Å²) >= 11 is 8.79. The van der Waals surface area contributed by atoms with Gasteiger partial charge in [0, 0.05) is 5.39 Å². The Labute approximate surface area is 119 Å². The lowest BCUT2D eigenvalue weighted by Gasteiger charge is -1.99. The van der Waals surface area contributed by atoms with E-state index in [1.54, 1.807) is 24.3 Å². The van der Waals surface area contributed by atoms with Gasteiger partial charge in [-0.1, -0.05) is 59.6 Å². The van der Waals surface area contributed by atoms with Crippen LogP contribution in [0.25, 0.3) is 10.9 Å². The molecule has 0 N–H and O–H groups in total. The Bertz CT molecular complexity index is 520. The number of hydrogen-bond acceptors (Lipinski definition) is 3. The molecule has 0 saturated carbocycles. The van der Waals surface area contributed by atoms with Gasteiger partial charge in [-0.15, -0.1) is 0 Å². The zero-order valence-electron chi connectivity index (χ0n) is 10.4. The van der Waals surface area contributed by atoms with Gasteiger partial charge in [0.2, 0.25) is 0 Å². The molecule has 98 valence electrons. The van der Waals surface area contributed by atoms with Crippen LogP contribution in [-0.4, -0.2) is 15.7 Å². The molecule has 1 heterocycles. The molecule has 0 aliphatic heterocycles. The first-order chi connectivity index (χ1) is 8.70. The molecule has 1 aromatic carbocycles. The quantitative estimate of drug-likeness (QED) is 0.426. The minimum atomic E-state index is -0.540. The first-order valence-corrected chi connectivity index (χ1v) is 7.22. The van der Waals surface area contributed by atoms with E-state index in [2.05, 4.69) is 20.9 Å². The minimum Gasteiger partial charge on any atom is -0.258 e. The maximum Gasteiger partial charge on any atom is 0.306 e. The van der Waals surface area contributed by atoms with Gasteiger partial charge in [0.25, 0.3) is 0 Å². The number of hydrogen-bond donors (Lipinski definition) is 0. The lowest BCUT2D eigenvalue weighted by Crippen LogP contribution is -1.91. The maximum atomic E-state index is 10.5. The van der Waals surface area contributed by atoms with Crippen molar-refractivity contribution >= 4 is 44.1 Å². The Hall–Kier alpha value is -1.20. The molecule has 0 aliphatic rings. The smallest absolute Gasteiger partial charge is 0.258 e. The summed E-state index contributed by atoms with van der Waals surface area (Å²) in [6.07, 6.45) is 1.17. The number of rotatable bonds is 1. The number of fused-ring (bicyclic) bond motifs is 1. The highest BCUT2D eigenvalue weighted by Crippen LogP contribution is 2.30. The van der Waals surface area contributed by atoms with Crippen molar-refractivity contribution in [1.29, 1.82) is 0 Å². The van der Waals surface area contributed by atoms with E-state index in [4.69, 9.17) is 11.6 Å². The van der Waals surface area contributed by atoms with Crippen LogP contribution in [0.15, 0.2) is 30.5 Å². The van der Waals surface area contributed by atoms with E-state index in [-0.39, 0.29) is 10.7 Å². The molecule has 0 unspecified atom stereocenters. The third kappa shape index (κ3) is 3.92. The topological polar surface area (TPSA) is 56.0 Å². The Balaban J connectivity index is 0.000000659. The van der Waals surface area contributed by atoms with Gasteiger partial charge in [-0.2, -0.15) is 0 Å². The fraction of sp³-hybridized carbons (Fsp3) is 0.250. The fourth-order valence-corrected chi connectivity index (χ4v) is 1.50. The number of para-hydroxylation sites is 1. The van der Waals surface area contributed by atoms with Crippen LogP contribution in [0.2, 0.25) is 5.02 Å². The number of alkyl halides is 1. The minimum absolute atomic E-state index is 0.139. The summed E-state index contributed by atoms with van der Waals surface area (Å²) in [6, 6.07) is 7.03. The summed E-state index contributed by atoms with van der Waals surface area (Å²) in [6.45, 7) is 4.00. The van der Waals surface area contributed by atoms with E-state index in [0.29, 0.717) is 10.9 Å². The molecule has 0 aliphatic carbocycles. The van der Waals surface area contributed by atoms with Crippen molar-refractivity contribution in [1.82, 2.24) is 4.98 Å². The number of halogens is 2. The number of aromatic nitrogens is 1. The molecule has 0 saturated heterocycles. The van der Waals surface area contributed by atoms with Gasteiger partial charge in [0.1, 0.15) is 11.2 Å². The van der Waals surface area contributed by atoms with Crippen molar-refractivity contribution in [2.45, 2.75) is 13.8 Å². The highest BCUT2D eigenvalue weighted by atomic mass is 79.9. The first kappa shape index (κ1) is 16.8. The summed E-state index contributed by atoms with van der Waals surface area (Å²) in [5.41, 5.74) is 0.494. The van der Waals surface area contributed by atoms with Crippen LogP contribution in [0.3, 0.4) is 0 Å². The van der Waals surface area contributed by atoms with Crippen molar-refractivity contribution in [2.24, 2.45) is 0 Å². The molecular formula is C12H14BrClN2O2. The molecule has 0 spiro atoms. The van der Waals surface area contributed by atoms with Gasteiger partial charge in [-0.05, 0) is 11.9 Å².